The van der Waals surface area contributed by atoms with Crippen LogP contribution in [0.25, 0.3) is 0 Å². The molecule has 0 fully saturated rings. The van der Waals surface area contributed by atoms with E-state index in [2.05, 4.69) is 63.7 Å². The summed E-state index contributed by atoms with van der Waals surface area (Å²) >= 11 is 24.7. The monoisotopic (exact) mass is 776 g/mol. The average Bonchev–Trinajstić information content (AvgIpc) is 3.03. The normalized spacial score (nSPS) is 16.0. The zero-order valence-electron chi connectivity index (χ0n) is 16.3. The highest BCUT2D eigenvalue weighted by Gasteiger charge is 2.53. The van der Waals surface area contributed by atoms with Gasteiger partial charge in [0.2, 0.25) is 0 Å². The predicted octanol–water partition coefficient (Wildman–Crippen LogP) is 7.15. The highest BCUT2D eigenvalue weighted by molar-refractivity contribution is 9.11. The molecule has 3 aromatic carbocycles. The highest BCUT2D eigenvalue weighted by atomic mass is 79.9. The molecular formula is C21H10Br4Cl2O6S. The molecule has 6 nitrogen and oxygen atoms in total. The van der Waals surface area contributed by atoms with E-state index in [-0.39, 0.29) is 45.4 Å². The molecule has 1 aliphatic rings. The number of phenols is 2. The van der Waals surface area contributed by atoms with Gasteiger partial charge in [-0.2, -0.15) is 8.42 Å². The van der Waals surface area contributed by atoms with Crippen LogP contribution in [0.15, 0.2) is 65.3 Å². The first-order valence-corrected chi connectivity index (χ1v) is 14.5. The van der Waals surface area contributed by atoms with Crippen molar-refractivity contribution in [1.82, 2.24) is 0 Å². The Hall–Kier alpha value is -0.660. The number of halogens is 6. The summed E-state index contributed by atoms with van der Waals surface area (Å²) in [4.78, 5) is 10.8. The number of phenolic OH excluding ortho intramolecular Hbond substituents is 2. The SMILES string of the molecule is O=C(c1cccc2c1S(=O)(=O)OC2(c1cc(Br)c(O)c(Br)c1)c1cc(Br)c(O)c(Br)c1)C(Cl)Cl. The number of carbonyl (C=O) groups is 1. The number of benzene rings is 3. The van der Waals surface area contributed by atoms with E-state index in [4.69, 9.17) is 27.4 Å². The first-order chi connectivity index (χ1) is 15.8. The van der Waals surface area contributed by atoms with Crippen molar-refractivity contribution >= 4 is 103 Å². The van der Waals surface area contributed by atoms with Crippen LogP contribution < -0.4 is 0 Å². The van der Waals surface area contributed by atoms with E-state index in [0.29, 0.717) is 11.1 Å². The fraction of sp³-hybridized carbons (Fsp3) is 0.0952. The topological polar surface area (TPSA) is 101 Å². The van der Waals surface area contributed by atoms with Gasteiger partial charge in [0, 0.05) is 11.1 Å². The average molecular weight is 781 g/mol. The van der Waals surface area contributed by atoms with Gasteiger partial charge >= 0.3 is 0 Å². The zero-order chi connectivity index (χ0) is 25.2. The third-order valence-electron chi connectivity index (χ3n) is 5.19. The van der Waals surface area contributed by atoms with Crippen LogP contribution in [0.3, 0.4) is 0 Å². The van der Waals surface area contributed by atoms with Gasteiger partial charge in [-0.25, -0.2) is 4.18 Å². The number of fused-ring (bicyclic) bond motifs is 1. The lowest BCUT2D eigenvalue weighted by Crippen LogP contribution is -2.30. The lowest BCUT2D eigenvalue weighted by Gasteiger charge is -2.30. The third kappa shape index (κ3) is 4.15. The van der Waals surface area contributed by atoms with Gasteiger partial charge in [-0.3, -0.25) is 4.79 Å². The Morgan fingerprint density at radius 3 is 1.74 bits per heavy atom. The number of Topliss-reactive ketones (excluding diaryl/α,β-unsaturated/α-hetero) is 1. The molecule has 0 unspecified atom stereocenters. The molecule has 1 aliphatic heterocycles. The lowest BCUT2D eigenvalue weighted by atomic mass is 9.79. The van der Waals surface area contributed by atoms with Crippen LogP contribution in [-0.4, -0.2) is 29.3 Å². The van der Waals surface area contributed by atoms with Crippen molar-refractivity contribution in [2.45, 2.75) is 15.3 Å². The first-order valence-electron chi connectivity index (χ1n) is 9.09. The fourth-order valence-electron chi connectivity index (χ4n) is 3.76. The van der Waals surface area contributed by atoms with Crippen LogP contribution >= 0.6 is 86.9 Å². The Kier molecular flexibility index (Phi) is 7.25. The second kappa shape index (κ2) is 9.33. The van der Waals surface area contributed by atoms with Gasteiger partial charge in [0.05, 0.1) is 17.9 Å². The quantitative estimate of drug-likeness (QED) is 0.166. The van der Waals surface area contributed by atoms with E-state index in [1.54, 1.807) is 0 Å². The van der Waals surface area contributed by atoms with Crippen molar-refractivity contribution in [2.75, 3.05) is 0 Å². The number of carbonyl (C=O) groups excluding carboxylic acids is 1. The van der Waals surface area contributed by atoms with Gasteiger partial charge in [-0.05, 0) is 105 Å². The summed E-state index contributed by atoms with van der Waals surface area (Å²) in [5.74, 6) is -1.02. The molecule has 0 amide bonds. The molecule has 2 N–H and O–H groups in total. The van der Waals surface area contributed by atoms with Crippen molar-refractivity contribution in [3.8, 4) is 11.5 Å². The Morgan fingerprint density at radius 2 is 1.32 bits per heavy atom. The zero-order valence-corrected chi connectivity index (χ0v) is 25.0. The van der Waals surface area contributed by atoms with E-state index < -0.39 is 26.3 Å². The fourth-order valence-corrected chi connectivity index (χ4v) is 7.98. The van der Waals surface area contributed by atoms with Gasteiger partial charge < -0.3 is 10.2 Å². The molecule has 0 radical (unpaired) electrons. The maximum absolute atomic E-state index is 13.4. The molecule has 3 aromatic rings. The summed E-state index contributed by atoms with van der Waals surface area (Å²) in [7, 11) is -4.51. The summed E-state index contributed by atoms with van der Waals surface area (Å²) in [6.07, 6.45) is 0. The number of rotatable bonds is 4. The number of ketones is 1. The molecule has 13 heteroatoms. The molecule has 0 spiro atoms. The molecule has 1 heterocycles. The van der Waals surface area contributed by atoms with Crippen LogP contribution in [0, 0.1) is 0 Å². The maximum atomic E-state index is 13.4. The van der Waals surface area contributed by atoms with Crippen LogP contribution in [0.4, 0.5) is 0 Å². The number of hydrogen-bond acceptors (Lipinski definition) is 6. The molecule has 0 aromatic heterocycles. The lowest BCUT2D eigenvalue weighted by molar-refractivity contribution is 0.100. The molecule has 0 saturated carbocycles. The van der Waals surface area contributed by atoms with Crippen LogP contribution in [0.5, 0.6) is 11.5 Å². The largest absolute Gasteiger partial charge is 0.506 e. The molecular weight excluding hydrogens is 771 g/mol. The first kappa shape index (κ1) is 26.4. The van der Waals surface area contributed by atoms with E-state index in [1.165, 1.54) is 42.5 Å². The van der Waals surface area contributed by atoms with Crippen molar-refractivity contribution in [3.05, 3.63) is 82.6 Å². The summed E-state index contributed by atoms with van der Waals surface area (Å²) in [6.45, 7) is 0. The molecule has 4 rings (SSSR count). The third-order valence-corrected chi connectivity index (χ3v) is 9.41. The Bertz CT molecular complexity index is 1370. The number of hydrogen-bond donors (Lipinski definition) is 2. The second-order valence-corrected chi connectivity index (χ2v) is 13.1. The van der Waals surface area contributed by atoms with Crippen LogP contribution in [0.2, 0.25) is 0 Å². The molecule has 34 heavy (non-hydrogen) atoms. The van der Waals surface area contributed by atoms with Gasteiger partial charge in [0.1, 0.15) is 16.4 Å². The molecule has 0 saturated heterocycles. The van der Waals surface area contributed by atoms with E-state index in [1.807, 2.05) is 0 Å². The Labute approximate surface area is 237 Å². The molecule has 178 valence electrons. The Balaban J connectivity index is 2.19. The minimum Gasteiger partial charge on any atom is -0.506 e. The van der Waals surface area contributed by atoms with Crippen LogP contribution in [0.1, 0.15) is 27.0 Å². The number of alkyl halides is 2. The van der Waals surface area contributed by atoms with E-state index in [0.717, 1.165) is 0 Å². The van der Waals surface area contributed by atoms with E-state index >= 15 is 0 Å². The highest BCUT2D eigenvalue weighted by Crippen LogP contribution is 2.54. The Morgan fingerprint density at radius 1 is 0.882 bits per heavy atom. The smallest absolute Gasteiger partial charge is 0.299 e. The number of aromatic hydroxyl groups is 2. The van der Waals surface area contributed by atoms with Gasteiger partial charge in [0.15, 0.2) is 16.2 Å². The van der Waals surface area contributed by atoms with Gasteiger partial charge in [0.25, 0.3) is 10.1 Å². The van der Waals surface area contributed by atoms with Crippen molar-refractivity contribution < 1.29 is 27.6 Å². The van der Waals surface area contributed by atoms with Gasteiger partial charge in [-0.1, -0.05) is 35.3 Å². The minimum atomic E-state index is -4.51. The molecule has 0 bridgehead atoms. The second-order valence-electron chi connectivity index (χ2n) is 7.14. The molecule has 0 atom stereocenters. The van der Waals surface area contributed by atoms with Crippen molar-refractivity contribution in [1.29, 1.82) is 0 Å². The van der Waals surface area contributed by atoms with Gasteiger partial charge in [-0.15, -0.1) is 0 Å². The van der Waals surface area contributed by atoms with Crippen LogP contribution in [-0.2, 0) is 19.9 Å². The predicted molar refractivity (Wildman–Crippen MR) is 141 cm³/mol. The summed E-state index contributed by atoms with van der Waals surface area (Å²) in [5, 5.41) is 20.5. The minimum absolute atomic E-state index is 0.107. The molecule has 0 aliphatic carbocycles. The van der Waals surface area contributed by atoms with Crippen molar-refractivity contribution in [2.24, 2.45) is 0 Å². The standard InChI is InChI=1S/C21H10Br4Cl2O6S/c22-12-4-8(5-13(23)17(12)29)21(9-6-14(24)18(30)15(25)7-9)11-3-1-2-10(16(28)20(26)27)19(11)34(31,32)33-21/h1-7,20,29-30H. The van der Waals surface area contributed by atoms with E-state index in [9.17, 15) is 23.4 Å². The summed E-state index contributed by atoms with van der Waals surface area (Å²) in [5.41, 5.74) is -1.30. The summed E-state index contributed by atoms with van der Waals surface area (Å²) in [6, 6.07) is 10.3. The van der Waals surface area contributed by atoms with Crippen molar-refractivity contribution in [3.63, 3.8) is 0 Å². The summed E-state index contributed by atoms with van der Waals surface area (Å²) < 4.78 is 33.7. The maximum Gasteiger partial charge on any atom is 0.299 e.